The molecular formula is C15H17NO2. The second-order valence-electron chi connectivity index (χ2n) is 5.17. The number of aromatic carboxylic acids is 1. The van der Waals surface area contributed by atoms with Crippen molar-refractivity contribution in [1.29, 1.82) is 0 Å². The van der Waals surface area contributed by atoms with E-state index in [4.69, 9.17) is 0 Å². The number of carbonyl (C=O) groups is 1. The van der Waals surface area contributed by atoms with Crippen LogP contribution in [0.15, 0.2) is 30.5 Å². The van der Waals surface area contributed by atoms with E-state index in [1.54, 1.807) is 6.20 Å². The molecule has 1 aromatic heterocycles. The molecule has 3 rings (SSSR count). The first-order chi connectivity index (χ1) is 8.75. The van der Waals surface area contributed by atoms with E-state index in [-0.39, 0.29) is 0 Å². The zero-order chi connectivity index (χ0) is 12.5. The topological polar surface area (TPSA) is 42.2 Å². The van der Waals surface area contributed by atoms with Gasteiger partial charge in [0.25, 0.3) is 0 Å². The Labute approximate surface area is 106 Å². The fourth-order valence-electron chi connectivity index (χ4n) is 3.04. The summed E-state index contributed by atoms with van der Waals surface area (Å²) in [7, 11) is 0. The number of hydrogen-bond donors (Lipinski definition) is 1. The summed E-state index contributed by atoms with van der Waals surface area (Å²) in [6.45, 7) is 0.952. The average molecular weight is 243 g/mol. The summed E-state index contributed by atoms with van der Waals surface area (Å²) in [5.41, 5.74) is 1.46. The van der Waals surface area contributed by atoms with Crippen molar-refractivity contribution in [3.63, 3.8) is 0 Å². The van der Waals surface area contributed by atoms with Crippen LogP contribution in [0.3, 0.4) is 0 Å². The van der Waals surface area contributed by atoms with Crippen molar-refractivity contribution in [3.8, 4) is 0 Å². The summed E-state index contributed by atoms with van der Waals surface area (Å²) in [6, 6.07) is 7.77. The van der Waals surface area contributed by atoms with Gasteiger partial charge >= 0.3 is 5.97 Å². The van der Waals surface area contributed by atoms with Crippen LogP contribution in [0.5, 0.6) is 0 Å². The molecular weight excluding hydrogens is 226 g/mol. The van der Waals surface area contributed by atoms with Gasteiger partial charge in [-0.3, -0.25) is 0 Å². The number of para-hydroxylation sites is 1. The van der Waals surface area contributed by atoms with Crippen LogP contribution in [0.1, 0.15) is 36.0 Å². The third kappa shape index (κ3) is 1.90. The van der Waals surface area contributed by atoms with Crippen LogP contribution in [0.25, 0.3) is 10.9 Å². The molecule has 0 spiro atoms. The van der Waals surface area contributed by atoms with Crippen LogP contribution in [-0.4, -0.2) is 15.6 Å². The molecule has 0 aliphatic heterocycles. The minimum Gasteiger partial charge on any atom is -0.478 e. The molecule has 0 unspecified atom stereocenters. The lowest BCUT2D eigenvalue weighted by Crippen LogP contribution is -2.06. The molecule has 1 aromatic carbocycles. The van der Waals surface area contributed by atoms with E-state index in [2.05, 4.69) is 4.57 Å². The number of aromatic nitrogens is 1. The Kier molecular flexibility index (Phi) is 2.82. The van der Waals surface area contributed by atoms with Gasteiger partial charge in [0.1, 0.15) is 0 Å². The molecule has 1 fully saturated rings. The Hall–Kier alpha value is -1.77. The van der Waals surface area contributed by atoms with Gasteiger partial charge in [-0.2, -0.15) is 0 Å². The third-order valence-corrected chi connectivity index (χ3v) is 3.95. The van der Waals surface area contributed by atoms with Crippen LogP contribution in [0.2, 0.25) is 0 Å². The van der Waals surface area contributed by atoms with E-state index in [0.717, 1.165) is 17.4 Å². The third-order valence-electron chi connectivity index (χ3n) is 3.95. The lowest BCUT2D eigenvalue weighted by atomic mass is 10.1. The summed E-state index contributed by atoms with van der Waals surface area (Å²) < 4.78 is 2.12. The van der Waals surface area contributed by atoms with Gasteiger partial charge in [0.2, 0.25) is 0 Å². The first-order valence-corrected chi connectivity index (χ1v) is 6.57. The maximum absolute atomic E-state index is 11.3. The van der Waals surface area contributed by atoms with Gasteiger partial charge in [0, 0.05) is 23.6 Å². The fraction of sp³-hybridized carbons (Fsp3) is 0.400. The molecule has 1 N–H and O–H groups in total. The maximum atomic E-state index is 11.3. The summed E-state index contributed by atoms with van der Waals surface area (Å²) in [5.74, 6) is -0.126. The summed E-state index contributed by atoms with van der Waals surface area (Å²) >= 11 is 0. The largest absolute Gasteiger partial charge is 0.478 e. The minimum absolute atomic E-state index is 0.420. The predicted octanol–water partition coefficient (Wildman–Crippen LogP) is 3.53. The van der Waals surface area contributed by atoms with Crippen molar-refractivity contribution >= 4 is 16.9 Å². The SMILES string of the molecule is O=C(O)c1cn(CC2CCCC2)c2ccccc12. The molecule has 94 valence electrons. The quantitative estimate of drug-likeness (QED) is 0.896. The molecule has 18 heavy (non-hydrogen) atoms. The molecule has 0 atom stereocenters. The molecule has 0 amide bonds. The number of hydrogen-bond acceptors (Lipinski definition) is 1. The maximum Gasteiger partial charge on any atom is 0.337 e. The highest BCUT2D eigenvalue weighted by molar-refractivity contribution is 6.03. The molecule has 1 aliphatic rings. The van der Waals surface area contributed by atoms with Crippen LogP contribution in [0.4, 0.5) is 0 Å². The first-order valence-electron chi connectivity index (χ1n) is 6.57. The molecule has 1 saturated carbocycles. The van der Waals surface area contributed by atoms with Crippen molar-refractivity contribution in [2.24, 2.45) is 5.92 Å². The van der Waals surface area contributed by atoms with Crippen molar-refractivity contribution in [2.45, 2.75) is 32.2 Å². The Bertz CT molecular complexity index is 579. The van der Waals surface area contributed by atoms with Gasteiger partial charge in [-0.25, -0.2) is 4.79 Å². The Balaban J connectivity index is 2.02. The van der Waals surface area contributed by atoms with E-state index < -0.39 is 5.97 Å². The highest BCUT2D eigenvalue weighted by Gasteiger charge is 2.19. The smallest absolute Gasteiger partial charge is 0.337 e. The number of rotatable bonds is 3. The molecule has 3 heteroatoms. The molecule has 0 saturated heterocycles. The van der Waals surface area contributed by atoms with Crippen molar-refractivity contribution in [2.75, 3.05) is 0 Å². The van der Waals surface area contributed by atoms with Gasteiger partial charge in [-0.15, -0.1) is 0 Å². The first kappa shape index (κ1) is 11.3. The van der Waals surface area contributed by atoms with Crippen molar-refractivity contribution < 1.29 is 9.90 Å². The molecule has 0 radical (unpaired) electrons. The lowest BCUT2D eigenvalue weighted by Gasteiger charge is -2.11. The van der Waals surface area contributed by atoms with Gasteiger partial charge in [-0.05, 0) is 24.8 Å². The highest BCUT2D eigenvalue weighted by atomic mass is 16.4. The van der Waals surface area contributed by atoms with Gasteiger partial charge in [0.15, 0.2) is 0 Å². The molecule has 0 bridgehead atoms. The monoisotopic (exact) mass is 243 g/mol. The number of fused-ring (bicyclic) bond motifs is 1. The Morgan fingerprint density at radius 2 is 2.00 bits per heavy atom. The normalized spacial score (nSPS) is 16.4. The number of nitrogens with zero attached hydrogens (tertiary/aromatic N) is 1. The Morgan fingerprint density at radius 1 is 1.28 bits per heavy atom. The van der Waals surface area contributed by atoms with Crippen LogP contribution >= 0.6 is 0 Å². The zero-order valence-electron chi connectivity index (χ0n) is 10.3. The summed E-state index contributed by atoms with van der Waals surface area (Å²) in [5, 5.41) is 10.1. The second-order valence-corrected chi connectivity index (χ2v) is 5.17. The van der Waals surface area contributed by atoms with Gasteiger partial charge in [0.05, 0.1) is 5.56 Å². The standard InChI is InChI=1S/C15H17NO2/c17-15(18)13-10-16(9-11-5-1-2-6-11)14-8-4-3-7-12(13)14/h3-4,7-8,10-11H,1-2,5-6,9H2,(H,17,18). The lowest BCUT2D eigenvalue weighted by molar-refractivity contribution is 0.0698. The highest BCUT2D eigenvalue weighted by Crippen LogP contribution is 2.29. The van der Waals surface area contributed by atoms with Gasteiger partial charge in [-0.1, -0.05) is 31.0 Å². The molecule has 3 nitrogen and oxygen atoms in total. The van der Waals surface area contributed by atoms with E-state index in [0.29, 0.717) is 11.5 Å². The minimum atomic E-state index is -0.837. The van der Waals surface area contributed by atoms with Crippen LogP contribution in [-0.2, 0) is 6.54 Å². The van der Waals surface area contributed by atoms with E-state index in [1.165, 1.54) is 25.7 Å². The molecule has 1 aliphatic carbocycles. The summed E-state index contributed by atoms with van der Waals surface area (Å²) in [6.07, 6.45) is 6.97. The second kappa shape index (κ2) is 4.48. The number of carboxylic acid groups (broad SMARTS) is 1. The zero-order valence-corrected chi connectivity index (χ0v) is 10.3. The summed E-state index contributed by atoms with van der Waals surface area (Å²) in [4.78, 5) is 11.3. The number of carboxylic acids is 1. The van der Waals surface area contributed by atoms with Crippen molar-refractivity contribution in [3.05, 3.63) is 36.0 Å². The van der Waals surface area contributed by atoms with Crippen LogP contribution in [0, 0.1) is 5.92 Å². The molecule has 2 aromatic rings. The number of benzene rings is 1. The van der Waals surface area contributed by atoms with Crippen molar-refractivity contribution in [1.82, 2.24) is 4.57 Å². The van der Waals surface area contributed by atoms with E-state index in [9.17, 15) is 9.90 Å². The van der Waals surface area contributed by atoms with Gasteiger partial charge < -0.3 is 9.67 Å². The van der Waals surface area contributed by atoms with Crippen LogP contribution < -0.4 is 0 Å². The average Bonchev–Trinajstić information content (AvgIpc) is 2.98. The fourth-order valence-corrected chi connectivity index (χ4v) is 3.04. The van der Waals surface area contributed by atoms with E-state index in [1.807, 2.05) is 24.3 Å². The van der Waals surface area contributed by atoms with E-state index >= 15 is 0 Å². The predicted molar refractivity (Wildman–Crippen MR) is 70.9 cm³/mol. The molecule has 1 heterocycles. The Morgan fingerprint density at radius 3 is 2.72 bits per heavy atom.